The number of benzene rings is 2. The van der Waals surface area contributed by atoms with E-state index in [1.807, 2.05) is 12.1 Å². The first-order valence-electron chi connectivity index (χ1n) is 7.51. The van der Waals surface area contributed by atoms with Gasteiger partial charge in [-0.3, -0.25) is 4.90 Å². The molecule has 0 spiro atoms. The van der Waals surface area contributed by atoms with Crippen molar-refractivity contribution in [1.29, 1.82) is 0 Å². The summed E-state index contributed by atoms with van der Waals surface area (Å²) >= 11 is 6.13. The first kappa shape index (κ1) is 18.8. The van der Waals surface area contributed by atoms with E-state index in [9.17, 15) is 4.39 Å². The Bertz CT molecular complexity index is 704. The molecule has 1 heterocycles. The Morgan fingerprint density at radius 3 is 2.42 bits per heavy atom. The second-order valence-corrected chi connectivity index (χ2v) is 6.04. The zero-order valence-corrected chi connectivity index (χ0v) is 15.2. The standard InChI is InChI=1S/C18H19ClFNO2.ClH/c1-22-17-8-12-6-7-21(10-13(12)9-18(17)23-2)11-14-15(19)4-3-5-16(14)20;/h3-5,8-9H,6-7,10-11H2,1-2H3;1H. The summed E-state index contributed by atoms with van der Waals surface area (Å²) in [4.78, 5) is 2.19. The Morgan fingerprint density at radius 1 is 1.12 bits per heavy atom. The molecule has 0 bridgehead atoms. The molecule has 0 radical (unpaired) electrons. The van der Waals surface area contributed by atoms with Crippen LogP contribution in [0.3, 0.4) is 0 Å². The van der Waals surface area contributed by atoms with Crippen LogP contribution in [0.25, 0.3) is 0 Å². The molecule has 3 nitrogen and oxygen atoms in total. The van der Waals surface area contributed by atoms with Crippen LogP contribution in [0, 0.1) is 5.82 Å². The molecular formula is C18H20Cl2FNO2. The van der Waals surface area contributed by atoms with Gasteiger partial charge in [0.1, 0.15) is 5.82 Å². The van der Waals surface area contributed by atoms with E-state index < -0.39 is 0 Å². The van der Waals surface area contributed by atoms with E-state index in [0.717, 1.165) is 31.0 Å². The van der Waals surface area contributed by atoms with Crippen molar-refractivity contribution in [3.8, 4) is 11.5 Å². The predicted molar refractivity (Wildman–Crippen MR) is 96.0 cm³/mol. The molecule has 6 heteroatoms. The molecule has 0 atom stereocenters. The van der Waals surface area contributed by atoms with Crippen LogP contribution in [-0.4, -0.2) is 25.7 Å². The molecule has 2 aromatic carbocycles. The fraction of sp³-hybridized carbons (Fsp3) is 0.333. The third-order valence-corrected chi connectivity index (χ3v) is 4.59. The Labute approximate surface area is 152 Å². The largest absolute Gasteiger partial charge is 0.493 e. The van der Waals surface area contributed by atoms with Crippen LogP contribution in [0.5, 0.6) is 11.5 Å². The summed E-state index contributed by atoms with van der Waals surface area (Å²) < 4.78 is 24.7. The molecular weight excluding hydrogens is 352 g/mol. The number of fused-ring (bicyclic) bond motifs is 1. The summed E-state index contributed by atoms with van der Waals surface area (Å²) in [6.45, 7) is 2.09. The fourth-order valence-corrected chi connectivity index (χ4v) is 3.21. The molecule has 3 rings (SSSR count). The lowest BCUT2D eigenvalue weighted by Crippen LogP contribution is -2.30. The minimum Gasteiger partial charge on any atom is -0.493 e. The van der Waals surface area contributed by atoms with Gasteiger partial charge in [0.25, 0.3) is 0 Å². The lowest BCUT2D eigenvalue weighted by Gasteiger charge is -2.29. The highest BCUT2D eigenvalue weighted by Crippen LogP contribution is 2.34. The van der Waals surface area contributed by atoms with Crippen LogP contribution < -0.4 is 9.47 Å². The van der Waals surface area contributed by atoms with Gasteiger partial charge in [0.2, 0.25) is 0 Å². The van der Waals surface area contributed by atoms with Crippen molar-refractivity contribution >= 4 is 24.0 Å². The van der Waals surface area contributed by atoms with Gasteiger partial charge in [-0.15, -0.1) is 12.4 Å². The molecule has 130 valence electrons. The molecule has 0 saturated carbocycles. The monoisotopic (exact) mass is 371 g/mol. The number of halogens is 3. The lowest BCUT2D eigenvalue weighted by molar-refractivity contribution is 0.241. The van der Waals surface area contributed by atoms with E-state index in [2.05, 4.69) is 4.90 Å². The molecule has 1 aliphatic rings. The lowest BCUT2D eigenvalue weighted by atomic mass is 9.98. The van der Waals surface area contributed by atoms with Crippen molar-refractivity contribution in [3.05, 3.63) is 57.9 Å². The maximum Gasteiger partial charge on any atom is 0.161 e. The normalized spacial score (nSPS) is 13.8. The summed E-state index contributed by atoms with van der Waals surface area (Å²) in [7, 11) is 3.27. The van der Waals surface area contributed by atoms with E-state index >= 15 is 0 Å². The maximum atomic E-state index is 14.0. The number of hydrogen-bond acceptors (Lipinski definition) is 3. The molecule has 0 fully saturated rings. The van der Waals surface area contributed by atoms with Crippen molar-refractivity contribution in [2.45, 2.75) is 19.5 Å². The van der Waals surface area contributed by atoms with Crippen molar-refractivity contribution < 1.29 is 13.9 Å². The molecule has 0 unspecified atom stereocenters. The summed E-state index contributed by atoms with van der Waals surface area (Å²) in [6.07, 6.45) is 0.891. The average molecular weight is 372 g/mol. The molecule has 0 saturated heterocycles. The SMILES string of the molecule is COc1cc2c(cc1OC)CN(Cc1c(F)cccc1Cl)CC2.Cl. The van der Waals surface area contributed by atoms with Crippen molar-refractivity contribution in [3.63, 3.8) is 0 Å². The van der Waals surface area contributed by atoms with Gasteiger partial charge >= 0.3 is 0 Å². The molecule has 2 aromatic rings. The maximum absolute atomic E-state index is 14.0. The topological polar surface area (TPSA) is 21.7 Å². The quantitative estimate of drug-likeness (QED) is 0.790. The highest BCUT2D eigenvalue weighted by molar-refractivity contribution is 6.31. The minimum atomic E-state index is -0.254. The van der Waals surface area contributed by atoms with Gasteiger partial charge in [-0.1, -0.05) is 17.7 Å². The number of rotatable bonds is 4. The number of methoxy groups -OCH3 is 2. The van der Waals surface area contributed by atoms with Gasteiger partial charge in [0.15, 0.2) is 11.5 Å². The van der Waals surface area contributed by atoms with Crippen molar-refractivity contribution in [2.24, 2.45) is 0 Å². The molecule has 24 heavy (non-hydrogen) atoms. The predicted octanol–water partition coefficient (Wildman–Crippen LogP) is 4.48. The molecule has 0 amide bonds. The van der Waals surface area contributed by atoms with E-state index in [-0.39, 0.29) is 18.2 Å². The zero-order chi connectivity index (χ0) is 16.4. The van der Waals surface area contributed by atoms with Gasteiger partial charge in [0.05, 0.1) is 14.2 Å². The smallest absolute Gasteiger partial charge is 0.161 e. The van der Waals surface area contributed by atoms with Gasteiger partial charge < -0.3 is 9.47 Å². The minimum absolute atomic E-state index is 0. The first-order chi connectivity index (χ1) is 11.1. The third kappa shape index (κ3) is 3.77. The summed E-state index contributed by atoms with van der Waals surface area (Å²) in [5, 5.41) is 0.475. The van der Waals surface area contributed by atoms with Crippen molar-refractivity contribution in [2.75, 3.05) is 20.8 Å². The first-order valence-corrected chi connectivity index (χ1v) is 7.89. The van der Waals surface area contributed by atoms with Gasteiger partial charge in [-0.05, 0) is 41.8 Å². The zero-order valence-electron chi connectivity index (χ0n) is 13.6. The molecule has 0 aromatic heterocycles. The van der Waals surface area contributed by atoms with Crippen LogP contribution in [0.2, 0.25) is 5.02 Å². The third-order valence-electron chi connectivity index (χ3n) is 4.24. The summed E-state index contributed by atoms with van der Waals surface area (Å²) in [5.74, 6) is 1.21. The van der Waals surface area contributed by atoms with Crippen LogP contribution >= 0.6 is 24.0 Å². The Hall–Kier alpha value is -1.49. The Kier molecular flexibility index (Phi) is 6.33. The van der Waals surface area contributed by atoms with E-state index in [1.165, 1.54) is 17.2 Å². The number of ether oxygens (including phenoxy) is 2. The molecule has 0 aliphatic carbocycles. The van der Waals surface area contributed by atoms with Gasteiger partial charge in [0, 0.05) is 30.2 Å². The van der Waals surface area contributed by atoms with Crippen LogP contribution in [0.15, 0.2) is 30.3 Å². The van der Waals surface area contributed by atoms with Crippen molar-refractivity contribution in [1.82, 2.24) is 4.90 Å². The van der Waals surface area contributed by atoms with Crippen LogP contribution in [-0.2, 0) is 19.5 Å². The van der Waals surface area contributed by atoms with Gasteiger partial charge in [-0.25, -0.2) is 4.39 Å². The Morgan fingerprint density at radius 2 is 1.79 bits per heavy atom. The number of hydrogen-bond donors (Lipinski definition) is 0. The highest BCUT2D eigenvalue weighted by atomic mass is 35.5. The summed E-state index contributed by atoms with van der Waals surface area (Å²) in [6, 6.07) is 8.84. The average Bonchev–Trinajstić information content (AvgIpc) is 2.56. The second-order valence-electron chi connectivity index (χ2n) is 5.64. The van der Waals surface area contributed by atoms with E-state index in [0.29, 0.717) is 17.1 Å². The fourth-order valence-electron chi connectivity index (χ4n) is 2.98. The summed E-state index contributed by atoms with van der Waals surface area (Å²) in [5.41, 5.74) is 2.98. The van der Waals surface area contributed by atoms with Gasteiger partial charge in [-0.2, -0.15) is 0 Å². The van der Waals surface area contributed by atoms with Crippen LogP contribution in [0.1, 0.15) is 16.7 Å². The highest BCUT2D eigenvalue weighted by Gasteiger charge is 2.21. The molecule has 0 N–H and O–H groups in total. The van der Waals surface area contributed by atoms with E-state index in [4.69, 9.17) is 21.1 Å². The van der Waals surface area contributed by atoms with E-state index in [1.54, 1.807) is 26.4 Å². The van der Waals surface area contributed by atoms with Crippen LogP contribution in [0.4, 0.5) is 4.39 Å². The number of nitrogens with zero attached hydrogens (tertiary/aromatic N) is 1. The Balaban J connectivity index is 0.00000208. The second kappa shape index (κ2) is 8.06. The molecule has 1 aliphatic heterocycles.